The lowest BCUT2D eigenvalue weighted by atomic mass is 9.73. The molecule has 0 aromatic heterocycles. The van der Waals surface area contributed by atoms with Crippen molar-refractivity contribution in [3.05, 3.63) is 36.0 Å². The van der Waals surface area contributed by atoms with Crippen molar-refractivity contribution in [2.45, 2.75) is 147 Å². The maximum Gasteiger partial charge on any atom is 0.410 e. The minimum atomic E-state index is -3.18. The quantitative estimate of drug-likeness (QED) is 0.101. The van der Waals surface area contributed by atoms with Crippen molar-refractivity contribution < 1.29 is 52.4 Å². The number of nitrogens with two attached hydrogens (primary N) is 2. The third-order valence-electron chi connectivity index (χ3n) is 12.6. The van der Waals surface area contributed by atoms with Crippen LogP contribution < -0.4 is 16.8 Å². The Kier molecular flexibility index (Phi) is 15.6. The van der Waals surface area contributed by atoms with Crippen LogP contribution in [0.4, 0.5) is 14.9 Å². The van der Waals surface area contributed by atoms with Gasteiger partial charge in [0.25, 0.3) is 5.67 Å². The van der Waals surface area contributed by atoms with Crippen molar-refractivity contribution in [2.24, 2.45) is 23.5 Å². The number of amides is 1. The van der Waals surface area contributed by atoms with Crippen molar-refractivity contribution in [3.63, 3.8) is 0 Å². The molecule has 0 saturated carbocycles. The number of aliphatic hydroxyl groups is 1. The number of cyclic esters (lactones) is 1. The van der Waals surface area contributed by atoms with E-state index in [1.54, 1.807) is 53.0 Å². The molecule has 3 heterocycles. The Balaban J connectivity index is 1.67. The molecule has 0 bridgehead atoms. The summed E-state index contributed by atoms with van der Waals surface area (Å²) in [6, 6.07) is 5.91. The summed E-state index contributed by atoms with van der Waals surface area (Å²) in [4.78, 5) is 59.9. The first-order valence-corrected chi connectivity index (χ1v) is 20.8. The summed E-state index contributed by atoms with van der Waals surface area (Å²) in [6.45, 7) is 13.2. The van der Waals surface area contributed by atoms with Gasteiger partial charge in [-0.2, -0.15) is 0 Å². The van der Waals surface area contributed by atoms with Crippen molar-refractivity contribution in [3.8, 4) is 0 Å². The number of aliphatic hydroxyl groups excluding tert-OH is 1. The molecular formula is C43H68FN5O10. The molecule has 6 N–H and O–H groups in total. The molecule has 2 unspecified atom stereocenters. The van der Waals surface area contributed by atoms with E-state index < -0.39 is 83.1 Å². The van der Waals surface area contributed by atoms with Crippen molar-refractivity contribution in [1.82, 2.24) is 15.1 Å². The summed E-state index contributed by atoms with van der Waals surface area (Å²) >= 11 is 0. The van der Waals surface area contributed by atoms with Crippen molar-refractivity contribution in [1.29, 1.82) is 0 Å². The van der Waals surface area contributed by atoms with Crippen LogP contribution >= 0.6 is 0 Å². The summed E-state index contributed by atoms with van der Waals surface area (Å²) in [7, 11) is 5.04. The number of unbranched alkanes of at least 4 members (excludes halogenated alkanes) is 1. The fraction of sp³-hybridized carbons (Fsp3) is 0.721. The molecule has 0 aliphatic carbocycles. The number of carbonyl (C=O) groups is 4. The topological polar surface area (TPSA) is 205 Å². The second kappa shape index (κ2) is 19.3. The van der Waals surface area contributed by atoms with Gasteiger partial charge in [0, 0.05) is 61.4 Å². The van der Waals surface area contributed by atoms with E-state index in [1.165, 1.54) is 18.9 Å². The van der Waals surface area contributed by atoms with Gasteiger partial charge in [-0.3, -0.25) is 9.59 Å². The SMILES string of the molecule is CC[C@H]1OC(=O)[C@@](C)(F)C(=O)[C@H](C)[C@@H](OC2O[C@H](C)C[C@H](N(C)C)[C@H]2O)[C@@](C)(OC)C[C@@H](C)C(=O)[C@H](C)C2N(CCCCN/C=C(\N)c3cccc(N)c3)C(=O)O[C@@]21C. The molecule has 3 aliphatic heterocycles. The van der Waals surface area contributed by atoms with Gasteiger partial charge >= 0.3 is 12.1 Å². The number of ketones is 2. The third kappa shape index (κ3) is 10.2. The smallest absolute Gasteiger partial charge is 0.410 e. The predicted molar refractivity (Wildman–Crippen MR) is 220 cm³/mol. The number of carbonyl (C=O) groups excluding carboxylic acids is 4. The number of methoxy groups -OCH3 is 1. The van der Waals surface area contributed by atoms with E-state index in [-0.39, 0.29) is 37.3 Å². The van der Waals surface area contributed by atoms with Crippen LogP contribution in [0, 0.1) is 17.8 Å². The van der Waals surface area contributed by atoms with Gasteiger partial charge in [0.2, 0.25) is 0 Å². The highest BCUT2D eigenvalue weighted by molar-refractivity contribution is 6.08. The zero-order valence-electron chi connectivity index (χ0n) is 36.7. The first-order chi connectivity index (χ1) is 27.5. The monoisotopic (exact) mass is 833 g/mol. The minimum Gasteiger partial charge on any atom is -0.455 e. The Morgan fingerprint density at radius 1 is 1.10 bits per heavy atom. The first kappa shape index (κ1) is 47.8. The molecule has 0 spiro atoms. The van der Waals surface area contributed by atoms with Crippen LogP contribution in [-0.4, -0.2) is 132 Å². The van der Waals surface area contributed by atoms with Gasteiger partial charge < -0.3 is 55.4 Å². The van der Waals surface area contributed by atoms with Gasteiger partial charge in [-0.1, -0.05) is 39.8 Å². The molecule has 16 heteroatoms. The van der Waals surface area contributed by atoms with E-state index in [1.807, 2.05) is 38.1 Å². The number of ether oxygens (including phenoxy) is 5. The third-order valence-corrected chi connectivity index (χ3v) is 12.6. The fourth-order valence-electron chi connectivity index (χ4n) is 9.21. The number of nitrogens with zero attached hydrogens (tertiary/aromatic N) is 2. The summed E-state index contributed by atoms with van der Waals surface area (Å²) in [5.41, 5.74) is 7.73. The van der Waals surface area contributed by atoms with E-state index in [2.05, 4.69) is 5.32 Å². The number of rotatable bonds is 12. The average molecular weight is 834 g/mol. The zero-order valence-corrected chi connectivity index (χ0v) is 36.7. The molecule has 59 heavy (non-hydrogen) atoms. The number of likely N-dealkylation sites (N-methyl/N-ethyl adjacent to an activating group) is 1. The number of Topliss-reactive ketones (excluding diaryl/α,β-unsaturated/α-hetero) is 2. The maximum absolute atomic E-state index is 16.9. The molecule has 0 radical (unpaired) electrons. The van der Waals surface area contributed by atoms with Gasteiger partial charge in [-0.15, -0.1) is 0 Å². The summed E-state index contributed by atoms with van der Waals surface area (Å²) in [5, 5.41) is 14.6. The minimum absolute atomic E-state index is 0.00871. The average Bonchev–Trinajstić information content (AvgIpc) is 3.44. The van der Waals surface area contributed by atoms with Crippen LogP contribution in [0.1, 0.15) is 93.1 Å². The summed E-state index contributed by atoms with van der Waals surface area (Å²) in [5.74, 6) is -5.83. The molecular weight excluding hydrogens is 765 g/mol. The van der Waals surface area contributed by atoms with Crippen molar-refractivity contribution in [2.75, 3.05) is 40.0 Å². The molecule has 13 atom stereocenters. The van der Waals surface area contributed by atoms with Crippen LogP contribution in [0.15, 0.2) is 30.5 Å². The Bertz CT molecular complexity index is 1690. The Hall–Kier alpha value is -3.83. The highest BCUT2D eigenvalue weighted by Gasteiger charge is 2.61. The second-order valence-electron chi connectivity index (χ2n) is 17.5. The number of anilines is 1. The number of benzene rings is 1. The van der Waals surface area contributed by atoms with E-state index >= 15 is 4.39 Å². The largest absolute Gasteiger partial charge is 0.455 e. The van der Waals surface area contributed by atoms with Gasteiger partial charge in [0.05, 0.1) is 29.5 Å². The number of nitrogens with one attached hydrogen (secondary N) is 1. The number of alkyl halides is 1. The number of fused-ring (bicyclic) bond motifs is 1. The van der Waals surface area contributed by atoms with Gasteiger partial charge in [0.15, 0.2) is 17.7 Å². The molecule has 15 nitrogen and oxygen atoms in total. The van der Waals surface area contributed by atoms with Crippen LogP contribution in [0.5, 0.6) is 0 Å². The first-order valence-electron chi connectivity index (χ1n) is 20.8. The van der Waals surface area contributed by atoms with E-state index in [9.17, 15) is 24.3 Å². The summed E-state index contributed by atoms with van der Waals surface area (Å²) < 4.78 is 47.4. The maximum atomic E-state index is 16.9. The zero-order chi connectivity index (χ0) is 44.2. The molecule has 1 amide bonds. The van der Waals surface area contributed by atoms with Gasteiger partial charge in [0.1, 0.15) is 18.0 Å². The molecule has 1 aromatic rings. The predicted octanol–water partition coefficient (Wildman–Crippen LogP) is 4.19. The number of nitrogen functional groups attached to an aromatic ring is 1. The fourth-order valence-corrected chi connectivity index (χ4v) is 9.21. The van der Waals surface area contributed by atoms with Crippen LogP contribution in [0.2, 0.25) is 0 Å². The molecule has 1 aromatic carbocycles. The highest BCUT2D eigenvalue weighted by Crippen LogP contribution is 2.43. The van der Waals surface area contributed by atoms with E-state index in [0.717, 1.165) is 12.5 Å². The Labute approximate surface area is 348 Å². The van der Waals surface area contributed by atoms with E-state index in [4.69, 9.17) is 35.2 Å². The molecule has 4 rings (SSSR count). The number of esters is 1. The molecule has 332 valence electrons. The van der Waals surface area contributed by atoms with Gasteiger partial charge in [-0.05, 0) is 86.0 Å². The molecule has 3 fully saturated rings. The molecule has 3 saturated heterocycles. The van der Waals surface area contributed by atoms with Crippen LogP contribution in [0.3, 0.4) is 0 Å². The lowest BCUT2D eigenvalue weighted by Gasteiger charge is -2.47. The number of hydrogen-bond acceptors (Lipinski definition) is 14. The van der Waals surface area contributed by atoms with E-state index in [0.29, 0.717) is 37.2 Å². The van der Waals surface area contributed by atoms with Gasteiger partial charge in [-0.25, -0.2) is 14.0 Å². The Morgan fingerprint density at radius 3 is 2.39 bits per heavy atom. The summed E-state index contributed by atoms with van der Waals surface area (Å²) in [6.07, 6.45) is -2.62. The number of halogens is 1. The van der Waals surface area contributed by atoms with Crippen molar-refractivity contribution >= 4 is 35.0 Å². The second-order valence-corrected chi connectivity index (χ2v) is 17.5. The van der Waals surface area contributed by atoms with Crippen LogP contribution in [-0.2, 0) is 38.1 Å². The highest BCUT2D eigenvalue weighted by atomic mass is 19.1. The standard InChI is InChI=1S/C43H68FN5O10/c1-12-32-43(8)35(49(40(54)59-43)19-14-13-18-47-23-30(46)28-16-15-17-29(45)21-28)26(4)33(50)24(2)22-41(6,55-11)37(27(5)36(52)42(7,44)39(53)57-32)58-38-34(51)31(48(9)10)20-25(3)56-38/h15-17,21,23-27,31-32,34-35,37-38,47,51H,12-14,18-20,22,45-46H2,1-11H3/b30-23-/t24-,25-,26+,27+,31+,32-,34-,35?,37-,38?,41+,42+,43-/m1/s1. The number of hydrogen-bond donors (Lipinski definition) is 4. The van der Waals surface area contributed by atoms with Crippen LogP contribution in [0.25, 0.3) is 5.70 Å². The lowest BCUT2D eigenvalue weighted by Crippen LogP contribution is -2.61. The normalized spacial score (nSPS) is 37.8. The molecule has 3 aliphatic rings. The lowest BCUT2D eigenvalue weighted by molar-refractivity contribution is -0.295. The Morgan fingerprint density at radius 2 is 1.78 bits per heavy atom.